The highest BCUT2D eigenvalue weighted by Crippen LogP contribution is 2.42. The SMILES string of the molecule is Cc1ccc(N2C(=O)C(=O)/C(=C(\O)c3ccncc3)C2c2ccc(C)o2)cc1. The van der Waals surface area contributed by atoms with Gasteiger partial charge >= 0.3 is 0 Å². The van der Waals surface area contributed by atoms with Crippen molar-refractivity contribution in [2.75, 3.05) is 4.90 Å². The Balaban J connectivity index is 1.93. The van der Waals surface area contributed by atoms with Crippen LogP contribution in [-0.4, -0.2) is 21.8 Å². The van der Waals surface area contributed by atoms with Crippen LogP contribution >= 0.6 is 0 Å². The molecule has 3 aromatic rings. The summed E-state index contributed by atoms with van der Waals surface area (Å²) < 4.78 is 5.75. The van der Waals surface area contributed by atoms with Gasteiger partial charge in [-0.1, -0.05) is 17.7 Å². The number of furan rings is 1. The molecule has 1 aliphatic heterocycles. The van der Waals surface area contributed by atoms with Crippen LogP contribution in [0.25, 0.3) is 5.76 Å². The first kappa shape index (κ1) is 17.7. The molecule has 1 saturated heterocycles. The van der Waals surface area contributed by atoms with Crippen molar-refractivity contribution < 1.29 is 19.1 Å². The van der Waals surface area contributed by atoms with Crippen molar-refractivity contribution in [3.05, 3.63) is 89.1 Å². The summed E-state index contributed by atoms with van der Waals surface area (Å²) in [7, 11) is 0. The normalized spacial score (nSPS) is 18.6. The molecule has 140 valence electrons. The maximum absolute atomic E-state index is 12.9. The van der Waals surface area contributed by atoms with E-state index in [1.807, 2.05) is 19.1 Å². The minimum atomic E-state index is -0.857. The number of benzene rings is 1. The van der Waals surface area contributed by atoms with Crippen LogP contribution < -0.4 is 4.90 Å². The monoisotopic (exact) mass is 374 g/mol. The number of aliphatic hydroxyl groups excluding tert-OH is 1. The van der Waals surface area contributed by atoms with Gasteiger partial charge in [-0.2, -0.15) is 0 Å². The predicted octanol–water partition coefficient (Wildman–Crippen LogP) is 3.92. The molecule has 1 aromatic carbocycles. The van der Waals surface area contributed by atoms with E-state index in [1.165, 1.54) is 17.3 Å². The number of pyridine rings is 1. The summed E-state index contributed by atoms with van der Waals surface area (Å²) in [5, 5.41) is 10.9. The first-order valence-electron chi connectivity index (χ1n) is 8.82. The second kappa shape index (κ2) is 6.81. The first-order valence-corrected chi connectivity index (χ1v) is 8.82. The molecule has 0 bridgehead atoms. The van der Waals surface area contributed by atoms with E-state index in [2.05, 4.69) is 4.98 Å². The Kier molecular flexibility index (Phi) is 4.31. The molecule has 6 nitrogen and oxygen atoms in total. The fourth-order valence-electron chi connectivity index (χ4n) is 3.34. The Labute approximate surface area is 161 Å². The lowest BCUT2D eigenvalue weighted by atomic mass is 9.99. The summed E-state index contributed by atoms with van der Waals surface area (Å²) >= 11 is 0. The Morgan fingerprint density at radius 2 is 1.68 bits per heavy atom. The summed E-state index contributed by atoms with van der Waals surface area (Å²) in [6.45, 7) is 3.72. The van der Waals surface area contributed by atoms with Crippen LogP contribution in [0.2, 0.25) is 0 Å². The van der Waals surface area contributed by atoms with Crippen molar-refractivity contribution in [1.82, 2.24) is 4.98 Å². The highest BCUT2D eigenvalue weighted by molar-refractivity contribution is 6.51. The molecule has 1 unspecified atom stereocenters. The third-order valence-electron chi connectivity index (χ3n) is 4.74. The van der Waals surface area contributed by atoms with Crippen molar-refractivity contribution in [1.29, 1.82) is 0 Å². The summed E-state index contributed by atoms with van der Waals surface area (Å²) in [5.74, 6) is -0.664. The van der Waals surface area contributed by atoms with Gasteiger partial charge < -0.3 is 9.52 Å². The molecule has 1 fully saturated rings. The van der Waals surface area contributed by atoms with Gasteiger partial charge in [-0.05, 0) is 50.2 Å². The molecule has 4 rings (SSSR count). The number of anilines is 1. The third kappa shape index (κ3) is 2.89. The fraction of sp³-hybridized carbons (Fsp3) is 0.136. The fourth-order valence-corrected chi connectivity index (χ4v) is 3.34. The van der Waals surface area contributed by atoms with Gasteiger partial charge in [0.05, 0.1) is 5.57 Å². The smallest absolute Gasteiger partial charge is 0.300 e. The molecular formula is C22H18N2O4. The Morgan fingerprint density at radius 1 is 1.00 bits per heavy atom. The van der Waals surface area contributed by atoms with Crippen LogP contribution in [-0.2, 0) is 9.59 Å². The van der Waals surface area contributed by atoms with Gasteiger partial charge in [-0.3, -0.25) is 19.5 Å². The van der Waals surface area contributed by atoms with E-state index >= 15 is 0 Å². The summed E-state index contributed by atoms with van der Waals surface area (Å²) in [6.07, 6.45) is 3.02. The molecule has 1 amide bonds. The zero-order chi connectivity index (χ0) is 19.8. The summed E-state index contributed by atoms with van der Waals surface area (Å²) in [6, 6.07) is 13.1. The van der Waals surface area contributed by atoms with Crippen LogP contribution in [0.15, 0.2) is 70.9 Å². The van der Waals surface area contributed by atoms with Gasteiger partial charge in [0.15, 0.2) is 0 Å². The lowest BCUT2D eigenvalue weighted by Crippen LogP contribution is -2.29. The molecular weight excluding hydrogens is 356 g/mol. The van der Waals surface area contributed by atoms with Crippen molar-refractivity contribution in [2.45, 2.75) is 19.9 Å². The Bertz CT molecular complexity index is 1080. The predicted molar refractivity (Wildman–Crippen MR) is 104 cm³/mol. The van der Waals surface area contributed by atoms with Crippen LogP contribution in [0.3, 0.4) is 0 Å². The molecule has 0 saturated carbocycles. The number of hydrogen-bond acceptors (Lipinski definition) is 5. The molecule has 0 aliphatic carbocycles. The third-order valence-corrected chi connectivity index (χ3v) is 4.74. The van der Waals surface area contributed by atoms with Gasteiger partial charge in [0.1, 0.15) is 23.3 Å². The van der Waals surface area contributed by atoms with Gasteiger partial charge in [0, 0.05) is 23.6 Å². The van der Waals surface area contributed by atoms with Crippen molar-refractivity contribution >= 4 is 23.1 Å². The minimum Gasteiger partial charge on any atom is -0.507 e. The van der Waals surface area contributed by atoms with Crippen LogP contribution in [0, 0.1) is 13.8 Å². The minimum absolute atomic E-state index is 0.00822. The second-order valence-corrected chi connectivity index (χ2v) is 6.69. The maximum Gasteiger partial charge on any atom is 0.300 e. The molecule has 1 N–H and O–H groups in total. The number of aromatic nitrogens is 1. The quantitative estimate of drug-likeness (QED) is 0.427. The van der Waals surface area contributed by atoms with E-state index in [-0.39, 0.29) is 11.3 Å². The van der Waals surface area contributed by atoms with Crippen LogP contribution in [0.5, 0.6) is 0 Å². The topological polar surface area (TPSA) is 83.6 Å². The van der Waals surface area contributed by atoms with Crippen molar-refractivity contribution in [2.24, 2.45) is 0 Å². The van der Waals surface area contributed by atoms with E-state index in [1.54, 1.807) is 43.3 Å². The molecule has 28 heavy (non-hydrogen) atoms. The number of rotatable bonds is 3. The number of nitrogens with zero attached hydrogens (tertiary/aromatic N) is 2. The van der Waals surface area contributed by atoms with Crippen LogP contribution in [0.4, 0.5) is 5.69 Å². The number of carbonyl (C=O) groups excluding carboxylic acids is 2. The number of aryl methyl sites for hydroxylation is 2. The van der Waals surface area contributed by atoms with E-state index in [0.717, 1.165) is 5.56 Å². The van der Waals surface area contributed by atoms with E-state index < -0.39 is 17.7 Å². The largest absolute Gasteiger partial charge is 0.507 e. The summed E-state index contributed by atoms with van der Waals surface area (Å²) in [5.41, 5.74) is 1.99. The molecule has 6 heteroatoms. The summed E-state index contributed by atoms with van der Waals surface area (Å²) in [4.78, 5) is 31.1. The van der Waals surface area contributed by atoms with E-state index in [0.29, 0.717) is 22.8 Å². The first-order chi connectivity index (χ1) is 13.5. The highest BCUT2D eigenvalue weighted by atomic mass is 16.3. The molecule has 2 aromatic heterocycles. The van der Waals surface area contributed by atoms with Gasteiger partial charge in [0.2, 0.25) is 0 Å². The average Bonchev–Trinajstić information content (AvgIpc) is 3.24. The van der Waals surface area contributed by atoms with E-state index in [9.17, 15) is 14.7 Å². The molecule has 0 radical (unpaired) electrons. The van der Waals surface area contributed by atoms with Gasteiger partial charge in [-0.25, -0.2) is 0 Å². The van der Waals surface area contributed by atoms with Crippen LogP contribution in [0.1, 0.15) is 28.7 Å². The number of aliphatic hydroxyl groups is 1. The lowest BCUT2D eigenvalue weighted by molar-refractivity contribution is -0.132. The second-order valence-electron chi connectivity index (χ2n) is 6.69. The van der Waals surface area contributed by atoms with E-state index in [4.69, 9.17) is 4.42 Å². The zero-order valence-corrected chi connectivity index (χ0v) is 15.4. The maximum atomic E-state index is 12.9. The Hall–Kier alpha value is -3.67. The number of hydrogen-bond donors (Lipinski definition) is 1. The number of amides is 1. The Morgan fingerprint density at radius 3 is 2.29 bits per heavy atom. The standard InChI is InChI=1S/C22H18N2O4/c1-13-3-6-16(7-4-13)24-19(17-8-5-14(2)28-17)18(21(26)22(24)27)20(25)15-9-11-23-12-10-15/h3-12,19,25H,1-2H3/b20-18-. The average molecular weight is 374 g/mol. The molecule has 3 heterocycles. The number of ketones is 1. The lowest BCUT2D eigenvalue weighted by Gasteiger charge is -2.23. The molecule has 0 spiro atoms. The van der Waals surface area contributed by atoms with Gasteiger partial charge in [0.25, 0.3) is 11.7 Å². The number of Topliss-reactive ketones (excluding diaryl/α,β-unsaturated/α-hetero) is 1. The van der Waals surface area contributed by atoms with Crippen molar-refractivity contribution in [3.63, 3.8) is 0 Å². The molecule has 1 aliphatic rings. The highest BCUT2D eigenvalue weighted by Gasteiger charge is 2.48. The molecule has 1 atom stereocenters. The van der Waals surface area contributed by atoms with Gasteiger partial charge in [-0.15, -0.1) is 0 Å². The number of carbonyl (C=O) groups is 2. The zero-order valence-electron chi connectivity index (χ0n) is 15.4. The van der Waals surface area contributed by atoms with Crippen molar-refractivity contribution in [3.8, 4) is 0 Å².